The summed E-state index contributed by atoms with van der Waals surface area (Å²) in [6.07, 6.45) is 1.44. The standard InChI is InChI=1S/C15H16N4O2S2/c1-9-4-3-5-11(10(9)2)17-14(20)13-7-22-8-19(13)15(21)12-6-16-23-18-12/h3-6,13H,7-8H2,1-2H3,(H,17,20). The normalized spacial score (nSPS) is 17.3. The molecule has 1 aliphatic rings. The zero-order chi connectivity index (χ0) is 16.4. The second kappa shape index (κ2) is 6.67. The van der Waals surface area contributed by atoms with E-state index < -0.39 is 6.04 Å². The summed E-state index contributed by atoms with van der Waals surface area (Å²) in [6, 6.07) is 5.29. The number of rotatable bonds is 3. The van der Waals surface area contributed by atoms with Gasteiger partial charge in [0.1, 0.15) is 6.04 Å². The summed E-state index contributed by atoms with van der Waals surface area (Å²) in [4.78, 5) is 26.6. The third-order valence-electron chi connectivity index (χ3n) is 3.89. The van der Waals surface area contributed by atoms with Gasteiger partial charge in [0.05, 0.1) is 23.8 Å². The zero-order valence-corrected chi connectivity index (χ0v) is 14.4. The lowest BCUT2D eigenvalue weighted by molar-refractivity contribution is -0.119. The highest BCUT2D eigenvalue weighted by Crippen LogP contribution is 2.25. The Labute approximate surface area is 142 Å². The molecule has 0 aliphatic carbocycles. The minimum Gasteiger partial charge on any atom is -0.324 e. The number of amides is 2. The first-order valence-electron chi connectivity index (χ1n) is 7.11. The Hall–Kier alpha value is -1.93. The Kier molecular flexibility index (Phi) is 4.63. The van der Waals surface area contributed by atoms with Gasteiger partial charge in [0.15, 0.2) is 5.69 Å². The summed E-state index contributed by atoms with van der Waals surface area (Å²) >= 11 is 2.55. The largest absolute Gasteiger partial charge is 0.324 e. The zero-order valence-electron chi connectivity index (χ0n) is 12.8. The first-order chi connectivity index (χ1) is 11.1. The number of nitrogens with one attached hydrogen (secondary N) is 1. The quantitative estimate of drug-likeness (QED) is 0.921. The molecule has 3 rings (SSSR count). The minimum absolute atomic E-state index is 0.166. The summed E-state index contributed by atoms with van der Waals surface area (Å²) < 4.78 is 7.81. The number of benzene rings is 1. The molecular formula is C15H16N4O2S2. The highest BCUT2D eigenvalue weighted by atomic mass is 32.2. The van der Waals surface area contributed by atoms with Crippen molar-refractivity contribution in [3.05, 3.63) is 41.2 Å². The van der Waals surface area contributed by atoms with E-state index in [0.29, 0.717) is 17.3 Å². The number of hydrogen-bond donors (Lipinski definition) is 1. The summed E-state index contributed by atoms with van der Waals surface area (Å²) in [5.74, 6) is 0.659. The van der Waals surface area contributed by atoms with E-state index in [4.69, 9.17) is 0 Å². The maximum absolute atomic E-state index is 12.6. The molecule has 8 heteroatoms. The van der Waals surface area contributed by atoms with Crippen LogP contribution in [-0.2, 0) is 4.79 Å². The molecule has 6 nitrogen and oxygen atoms in total. The molecule has 0 spiro atoms. The van der Waals surface area contributed by atoms with Gasteiger partial charge in [0, 0.05) is 11.4 Å². The SMILES string of the molecule is Cc1cccc(NC(=O)C2CSCN2C(=O)c2cnsn2)c1C. The van der Waals surface area contributed by atoms with Crippen LogP contribution in [0.15, 0.2) is 24.4 Å². The molecule has 2 heterocycles. The van der Waals surface area contributed by atoms with Gasteiger partial charge < -0.3 is 10.2 Å². The molecular weight excluding hydrogens is 332 g/mol. The molecule has 1 aliphatic heterocycles. The van der Waals surface area contributed by atoms with Crippen LogP contribution >= 0.6 is 23.5 Å². The van der Waals surface area contributed by atoms with Gasteiger partial charge in [-0.15, -0.1) is 11.8 Å². The molecule has 0 saturated carbocycles. The van der Waals surface area contributed by atoms with Crippen molar-refractivity contribution in [1.82, 2.24) is 13.6 Å². The van der Waals surface area contributed by atoms with Crippen molar-refractivity contribution in [2.75, 3.05) is 16.9 Å². The molecule has 1 fully saturated rings. The van der Waals surface area contributed by atoms with Crippen LogP contribution in [0.1, 0.15) is 21.6 Å². The molecule has 1 N–H and O–H groups in total. The predicted molar refractivity (Wildman–Crippen MR) is 91.7 cm³/mol. The van der Waals surface area contributed by atoms with E-state index >= 15 is 0 Å². The van der Waals surface area contributed by atoms with Crippen LogP contribution in [-0.4, -0.2) is 43.1 Å². The van der Waals surface area contributed by atoms with Gasteiger partial charge >= 0.3 is 0 Å². The van der Waals surface area contributed by atoms with Gasteiger partial charge in [0.2, 0.25) is 5.91 Å². The van der Waals surface area contributed by atoms with E-state index in [1.54, 1.807) is 16.7 Å². The fourth-order valence-corrected chi connectivity index (χ4v) is 3.93. The van der Waals surface area contributed by atoms with E-state index in [0.717, 1.165) is 28.5 Å². The van der Waals surface area contributed by atoms with Crippen molar-refractivity contribution in [1.29, 1.82) is 0 Å². The number of aromatic nitrogens is 2. The molecule has 120 valence electrons. The van der Waals surface area contributed by atoms with Gasteiger partial charge in [0.25, 0.3) is 5.91 Å². The second-order valence-corrected chi connectivity index (χ2v) is 6.88. The van der Waals surface area contributed by atoms with Crippen LogP contribution in [0.2, 0.25) is 0 Å². The van der Waals surface area contributed by atoms with Crippen LogP contribution in [0.3, 0.4) is 0 Å². The fraction of sp³-hybridized carbons (Fsp3) is 0.333. The summed E-state index contributed by atoms with van der Waals surface area (Å²) in [6.45, 7) is 3.97. The van der Waals surface area contributed by atoms with Gasteiger partial charge in [-0.1, -0.05) is 12.1 Å². The first kappa shape index (κ1) is 15.9. The van der Waals surface area contributed by atoms with Crippen molar-refractivity contribution in [3.63, 3.8) is 0 Å². The third kappa shape index (κ3) is 3.23. The molecule has 0 bridgehead atoms. The maximum atomic E-state index is 12.6. The Balaban J connectivity index is 1.76. The van der Waals surface area contributed by atoms with Crippen LogP contribution < -0.4 is 5.32 Å². The topological polar surface area (TPSA) is 75.2 Å². The van der Waals surface area contributed by atoms with Gasteiger partial charge in [-0.05, 0) is 31.0 Å². The molecule has 1 unspecified atom stereocenters. The van der Waals surface area contributed by atoms with E-state index in [-0.39, 0.29) is 11.8 Å². The van der Waals surface area contributed by atoms with Crippen molar-refractivity contribution < 1.29 is 9.59 Å². The molecule has 1 aromatic carbocycles. The minimum atomic E-state index is -0.492. The molecule has 2 aromatic rings. The van der Waals surface area contributed by atoms with Crippen LogP contribution in [0.4, 0.5) is 5.69 Å². The predicted octanol–water partition coefficient (Wildman–Crippen LogP) is 2.31. The van der Waals surface area contributed by atoms with E-state index in [1.807, 2.05) is 32.0 Å². The molecule has 1 aromatic heterocycles. The highest BCUT2D eigenvalue weighted by molar-refractivity contribution is 7.99. The van der Waals surface area contributed by atoms with Crippen molar-refractivity contribution >= 4 is 41.0 Å². The average Bonchev–Trinajstić information content (AvgIpc) is 3.21. The van der Waals surface area contributed by atoms with Crippen molar-refractivity contribution in [3.8, 4) is 0 Å². The van der Waals surface area contributed by atoms with E-state index in [9.17, 15) is 9.59 Å². The van der Waals surface area contributed by atoms with Crippen LogP contribution in [0, 0.1) is 13.8 Å². The number of carbonyl (C=O) groups is 2. The lowest BCUT2D eigenvalue weighted by atomic mass is 10.1. The lowest BCUT2D eigenvalue weighted by Gasteiger charge is -2.22. The number of carbonyl (C=O) groups excluding carboxylic acids is 2. The maximum Gasteiger partial charge on any atom is 0.276 e. The highest BCUT2D eigenvalue weighted by Gasteiger charge is 2.36. The second-order valence-electron chi connectivity index (χ2n) is 5.32. The van der Waals surface area contributed by atoms with E-state index in [1.165, 1.54) is 6.20 Å². The fourth-order valence-electron chi connectivity index (χ4n) is 2.37. The summed E-state index contributed by atoms with van der Waals surface area (Å²) in [5.41, 5.74) is 3.23. The number of aryl methyl sites for hydroxylation is 1. The number of nitrogens with zero attached hydrogens (tertiary/aromatic N) is 3. The monoisotopic (exact) mass is 348 g/mol. The summed E-state index contributed by atoms with van der Waals surface area (Å²) in [5, 5.41) is 2.94. The van der Waals surface area contributed by atoms with Crippen LogP contribution in [0.25, 0.3) is 0 Å². The Morgan fingerprint density at radius 3 is 2.91 bits per heavy atom. The summed E-state index contributed by atoms with van der Waals surface area (Å²) in [7, 11) is 0. The molecule has 1 atom stereocenters. The van der Waals surface area contributed by atoms with Gasteiger partial charge in [-0.3, -0.25) is 9.59 Å². The van der Waals surface area contributed by atoms with Crippen LogP contribution in [0.5, 0.6) is 0 Å². The van der Waals surface area contributed by atoms with Crippen molar-refractivity contribution in [2.24, 2.45) is 0 Å². The molecule has 0 radical (unpaired) electrons. The Bertz CT molecular complexity index is 733. The molecule has 1 saturated heterocycles. The third-order valence-corrected chi connectivity index (χ3v) is 5.38. The van der Waals surface area contributed by atoms with Gasteiger partial charge in [-0.25, -0.2) is 0 Å². The van der Waals surface area contributed by atoms with E-state index in [2.05, 4.69) is 14.1 Å². The molecule has 23 heavy (non-hydrogen) atoms. The smallest absolute Gasteiger partial charge is 0.276 e. The first-order valence-corrected chi connectivity index (χ1v) is 9.00. The Morgan fingerprint density at radius 2 is 2.17 bits per heavy atom. The lowest BCUT2D eigenvalue weighted by Crippen LogP contribution is -2.44. The molecule has 2 amide bonds. The average molecular weight is 348 g/mol. The number of thioether (sulfide) groups is 1. The number of hydrogen-bond acceptors (Lipinski definition) is 6. The van der Waals surface area contributed by atoms with Crippen molar-refractivity contribution in [2.45, 2.75) is 19.9 Å². The van der Waals surface area contributed by atoms with Gasteiger partial charge in [-0.2, -0.15) is 8.75 Å². The number of anilines is 1. The Morgan fingerprint density at radius 1 is 1.35 bits per heavy atom.